The zero-order valence-electron chi connectivity index (χ0n) is 12.0. The zero-order chi connectivity index (χ0) is 15.3. The highest BCUT2D eigenvalue weighted by atomic mass is 16.5. The number of aromatic nitrogens is 3. The van der Waals surface area contributed by atoms with Crippen molar-refractivity contribution in [1.82, 2.24) is 14.6 Å². The summed E-state index contributed by atoms with van der Waals surface area (Å²) in [6.45, 7) is 1.96. The van der Waals surface area contributed by atoms with Crippen molar-refractivity contribution in [2.75, 3.05) is 7.11 Å². The molecule has 3 aromatic heterocycles. The molecule has 0 unspecified atom stereocenters. The molecule has 7 nitrogen and oxygen atoms in total. The van der Waals surface area contributed by atoms with Crippen LogP contribution in [0.4, 0.5) is 0 Å². The van der Waals surface area contributed by atoms with Gasteiger partial charge < -0.3 is 18.7 Å². The molecule has 7 heteroatoms. The van der Waals surface area contributed by atoms with Crippen molar-refractivity contribution in [2.45, 2.75) is 13.3 Å². The van der Waals surface area contributed by atoms with E-state index in [1.165, 1.54) is 13.2 Å². The van der Waals surface area contributed by atoms with E-state index in [-0.39, 0.29) is 5.75 Å². The van der Waals surface area contributed by atoms with E-state index < -0.39 is 0 Å². The first kappa shape index (κ1) is 12.8. The maximum absolute atomic E-state index is 10.0. The Balaban J connectivity index is 1.84. The molecule has 0 saturated heterocycles. The Labute approximate surface area is 124 Å². The number of benzene rings is 1. The zero-order valence-corrected chi connectivity index (χ0v) is 12.0. The predicted molar refractivity (Wildman–Crippen MR) is 78.1 cm³/mol. The van der Waals surface area contributed by atoms with Gasteiger partial charge in [-0.15, -0.1) is 5.10 Å². The van der Waals surface area contributed by atoms with Gasteiger partial charge >= 0.3 is 5.84 Å². The van der Waals surface area contributed by atoms with Gasteiger partial charge in [-0.25, -0.2) is 0 Å². The van der Waals surface area contributed by atoms with E-state index in [9.17, 15) is 5.11 Å². The fourth-order valence-corrected chi connectivity index (χ4v) is 2.34. The molecular formula is C15H13N3O4. The Bertz CT molecular complexity index is 948. The smallest absolute Gasteiger partial charge is 0.325 e. The number of aromatic hydroxyl groups is 1. The van der Waals surface area contributed by atoms with Crippen molar-refractivity contribution >= 4 is 16.8 Å². The van der Waals surface area contributed by atoms with Gasteiger partial charge in [-0.1, -0.05) is 6.92 Å². The number of furan rings is 1. The Hall–Kier alpha value is -2.96. The predicted octanol–water partition coefficient (Wildman–Crippen LogP) is 3.01. The molecule has 0 spiro atoms. The second kappa shape index (κ2) is 4.52. The number of hydrogen-bond donors (Lipinski definition) is 1. The minimum absolute atomic E-state index is 0.0960. The number of aryl methyl sites for hydroxylation is 1. The van der Waals surface area contributed by atoms with Gasteiger partial charge in [-0.3, -0.25) is 0 Å². The van der Waals surface area contributed by atoms with Crippen LogP contribution in [0.5, 0.6) is 11.5 Å². The number of phenolic OH excluding ortho intramolecular Hbond substituents is 1. The third-order valence-electron chi connectivity index (χ3n) is 3.46. The van der Waals surface area contributed by atoms with Crippen LogP contribution in [0.2, 0.25) is 0 Å². The van der Waals surface area contributed by atoms with E-state index in [2.05, 4.69) is 10.1 Å². The molecule has 0 bridgehead atoms. The fraction of sp³-hybridized carbons (Fsp3) is 0.200. The summed E-state index contributed by atoms with van der Waals surface area (Å²) in [4.78, 5) is 4.35. The molecule has 0 atom stereocenters. The van der Waals surface area contributed by atoms with E-state index in [0.29, 0.717) is 46.3 Å². The summed E-state index contributed by atoms with van der Waals surface area (Å²) in [6, 6.07) is 4.98. The molecule has 22 heavy (non-hydrogen) atoms. The quantitative estimate of drug-likeness (QED) is 0.626. The second-order valence-electron chi connectivity index (χ2n) is 4.87. The first-order valence-corrected chi connectivity index (χ1v) is 6.84. The summed E-state index contributed by atoms with van der Waals surface area (Å²) in [5.74, 6) is 2.19. The lowest BCUT2D eigenvalue weighted by Gasteiger charge is -1.99. The summed E-state index contributed by atoms with van der Waals surface area (Å²) in [6.07, 6.45) is 2.43. The average molecular weight is 299 g/mol. The summed E-state index contributed by atoms with van der Waals surface area (Å²) in [5.41, 5.74) is 1.11. The van der Waals surface area contributed by atoms with Crippen LogP contribution in [0.3, 0.4) is 0 Å². The Morgan fingerprint density at radius 2 is 2.14 bits per heavy atom. The largest absolute Gasteiger partial charge is 0.507 e. The van der Waals surface area contributed by atoms with E-state index in [4.69, 9.17) is 13.6 Å². The topological polar surface area (TPSA) is 85.9 Å². The molecule has 1 N–H and O–H groups in total. The van der Waals surface area contributed by atoms with Crippen LogP contribution in [-0.4, -0.2) is 26.8 Å². The fourth-order valence-electron chi connectivity index (χ4n) is 2.34. The third kappa shape index (κ3) is 1.82. The summed E-state index contributed by atoms with van der Waals surface area (Å²) >= 11 is 0. The molecule has 0 fully saturated rings. The number of nitrogens with zero attached hydrogens (tertiary/aromatic N) is 3. The van der Waals surface area contributed by atoms with E-state index >= 15 is 0 Å². The van der Waals surface area contributed by atoms with Gasteiger partial charge in [0, 0.05) is 18.6 Å². The molecule has 0 aliphatic carbocycles. The van der Waals surface area contributed by atoms with Crippen molar-refractivity contribution in [3.8, 4) is 23.0 Å². The highest BCUT2D eigenvalue weighted by Crippen LogP contribution is 2.35. The number of ether oxygens (including phenoxy) is 1. The number of hydrogen-bond acceptors (Lipinski definition) is 6. The van der Waals surface area contributed by atoms with Gasteiger partial charge in [-0.2, -0.15) is 9.50 Å². The Kier molecular flexibility index (Phi) is 2.62. The van der Waals surface area contributed by atoms with Crippen molar-refractivity contribution in [3.05, 3.63) is 30.3 Å². The first-order chi connectivity index (χ1) is 10.7. The van der Waals surface area contributed by atoms with Crippen molar-refractivity contribution in [3.63, 3.8) is 0 Å². The van der Waals surface area contributed by atoms with Crippen LogP contribution in [-0.2, 0) is 6.42 Å². The lowest BCUT2D eigenvalue weighted by Crippen LogP contribution is -1.83. The second-order valence-corrected chi connectivity index (χ2v) is 4.87. The minimum atomic E-state index is 0.0960. The van der Waals surface area contributed by atoms with Crippen LogP contribution in [0.25, 0.3) is 28.3 Å². The third-order valence-corrected chi connectivity index (χ3v) is 3.46. The van der Waals surface area contributed by atoms with Crippen molar-refractivity contribution < 1.29 is 18.7 Å². The Morgan fingerprint density at radius 3 is 2.86 bits per heavy atom. The summed E-state index contributed by atoms with van der Waals surface area (Å²) < 4.78 is 17.9. The molecule has 4 aromatic rings. The maximum Gasteiger partial charge on any atom is 0.325 e. The monoisotopic (exact) mass is 299 g/mol. The van der Waals surface area contributed by atoms with Crippen molar-refractivity contribution in [1.29, 1.82) is 0 Å². The van der Waals surface area contributed by atoms with Crippen LogP contribution in [0.1, 0.15) is 12.8 Å². The summed E-state index contributed by atoms with van der Waals surface area (Å²) in [7, 11) is 1.53. The molecule has 4 rings (SSSR count). The molecule has 0 amide bonds. The minimum Gasteiger partial charge on any atom is -0.507 e. The maximum atomic E-state index is 10.0. The summed E-state index contributed by atoms with van der Waals surface area (Å²) in [5, 5.41) is 14.9. The lowest BCUT2D eigenvalue weighted by atomic mass is 10.2. The average Bonchev–Trinajstić information content (AvgIpc) is 3.18. The van der Waals surface area contributed by atoms with E-state index in [0.717, 1.165) is 0 Å². The molecule has 1 aromatic carbocycles. The van der Waals surface area contributed by atoms with Gasteiger partial charge in [0.05, 0.1) is 18.7 Å². The standard InChI is InChI=1S/C15H13N3O4/c1-3-14-17-18-7-10(16-15(18)22-14)13-6-9-11(19)4-8(20-2)5-12(9)21-13/h4-7,19H,3H2,1-2H3. The molecule has 0 aliphatic rings. The van der Waals surface area contributed by atoms with Gasteiger partial charge in [0.2, 0.25) is 5.89 Å². The molecule has 0 radical (unpaired) electrons. The van der Waals surface area contributed by atoms with Gasteiger partial charge in [0.1, 0.15) is 22.8 Å². The van der Waals surface area contributed by atoms with Gasteiger partial charge in [0.25, 0.3) is 0 Å². The van der Waals surface area contributed by atoms with Gasteiger partial charge in [-0.05, 0) is 6.07 Å². The molecule has 0 saturated carbocycles. The van der Waals surface area contributed by atoms with Crippen molar-refractivity contribution in [2.24, 2.45) is 0 Å². The molecule has 112 valence electrons. The normalized spacial score (nSPS) is 11.5. The molecule has 3 heterocycles. The van der Waals surface area contributed by atoms with Crippen LogP contribution < -0.4 is 4.74 Å². The molecule has 0 aliphatic heterocycles. The number of rotatable bonds is 3. The SMILES string of the molecule is CCc1nn2cc(-c3cc4c(O)cc(OC)cc4o3)nc2o1. The lowest BCUT2D eigenvalue weighted by molar-refractivity contribution is 0.408. The number of phenols is 1. The van der Waals surface area contributed by atoms with E-state index in [1.807, 2.05) is 6.92 Å². The first-order valence-electron chi connectivity index (χ1n) is 6.84. The Morgan fingerprint density at radius 1 is 1.27 bits per heavy atom. The number of imidazole rings is 1. The highest BCUT2D eigenvalue weighted by molar-refractivity contribution is 5.89. The van der Waals surface area contributed by atoms with Crippen LogP contribution >= 0.6 is 0 Å². The number of fused-ring (bicyclic) bond motifs is 2. The van der Waals surface area contributed by atoms with Crippen LogP contribution in [0.15, 0.2) is 33.2 Å². The van der Waals surface area contributed by atoms with Crippen LogP contribution in [0, 0.1) is 0 Å². The highest BCUT2D eigenvalue weighted by Gasteiger charge is 2.16. The molecular weight excluding hydrogens is 286 g/mol. The van der Waals surface area contributed by atoms with Gasteiger partial charge in [0.15, 0.2) is 5.76 Å². The van der Waals surface area contributed by atoms with E-state index in [1.54, 1.807) is 22.8 Å². The number of methoxy groups -OCH3 is 1.